The van der Waals surface area contributed by atoms with E-state index < -0.39 is 5.91 Å². The zero-order valence-corrected chi connectivity index (χ0v) is 12.4. The van der Waals surface area contributed by atoms with Gasteiger partial charge in [-0.2, -0.15) is 5.26 Å². The van der Waals surface area contributed by atoms with Crippen LogP contribution in [0, 0.1) is 31.0 Å². The molecule has 3 nitrogen and oxygen atoms in total. The van der Waals surface area contributed by atoms with Crippen LogP contribution in [-0.2, 0) is 4.79 Å². The molecule has 0 radical (unpaired) electrons. The number of hydrogen-bond acceptors (Lipinski definition) is 2. The molecule has 110 valence electrons. The van der Waals surface area contributed by atoms with Crippen LogP contribution in [0.5, 0.6) is 0 Å². The number of amides is 1. The summed E-state index contributed by atoms with van der Waals surface area (Å²) < 4.78 is 12.9. The standard InChI is InChI=1S/C18H15FN2O/c1-12-3-8-17(13(2)9-12)21-18(22)15(11-20)10-14-4-6-16(19)7-5-14/h3-10H,1-2H3,(H,21,22)/b15-10+. The van der Waals surface area contributed by atoms with E-state index in [-0.39, 0.29) is 11.4 Å². The van der Waals surface area contributed by atoms with Gasteiger partial charge >= 0.3 is 0 Å². The van der Waals surface area contributed by atoms with E-state index in [4.69, 9.17) is 5.26 Å². The molecule has 0 bridgehead atoms. The van der Waals surface area contributed by atoms with Crippen LogP contribution in [0.2, 0.25) is 0 Å². The Balaban J connectivity index is 2.22. The fraction of sp³-hybridized carbons (Fsp3) is 0.111. The van der Waals surface area contributed by atoms with Crippen LogP contribution in [0.25, 0.3) is 6.08 Å². The van der Waals surface area contributed by atoms with Crippen molar-refractivity contribution in [2.24, 2.45) is 0 Å². The molecule has 0 aliphatic carbocycles. The molecule has 0 aliphatic heterocycles. The van der Waals surface area contributed by atoms with Gasteiger partial charge in [0.2, 0.25) is 0 Å². The van der Waals surface area contributed by atoms with Crippen molar-refractivity contribution in [2.45, 2.75) is 13.8 Å². The Hall–Kier alpha value is -2.93. The van der Waals surface area contributed by atoms with E-state index in [2.05, 4.69) is 5.32 Å². The summed E-state index contributed by atoms with van der Waals surface area (Å²) in [7, 11) is 0. The van der Waals surface area contributed by atoms with Gasteiger partial charge in [0.1, 0.15) is 17.5 Å². The smallest absolute Gasteiger partial charge is 0.266 e. The fourth-order valence-electron chi connectivity index (χ4n) is 2.02. The maximum Gasteiger partial charge on any atom is 0.266 e. The quantitative estimate of drug-likeness (QED) is 0.687. The predicted molar refractivity (Wildman–Crippen MR) is 84.5 cm³/mol. The number of rotatable bonds is 3. The maximum atomic E-state index is 12.9. The van der Waals surface area contributed by atoms with Gasteiger partial charge in [-0.05, 0) is 49.2 Å². The zero-order chi connectivity index (χ0) is 16.1. The highest BCUT2D eigenvalue weighted by atomic mass is 19.1. The third-order valence-corrected chi connectivity index (χ3v) is 3.18. The molecule has 0 saturated heterocycles. The number of carbonyl (C=O) groups excluding carboxylic acids is 1. The van der Waals surface area contributed by atoms with E-state index in [0.717, 1.165) is 11.1 Å². The minimum absolute atomic E-state index is 0.0356. The Morgan fingerprint density at radius 3 is 2.45 bits per heavy atom. The SMILES string of the molecule is Cc1ccc(NC(=O)/C(C#N)=C/c2ccc(F)cc2)c(C)c1. The second kappa shape index (κ2) is 6.68. The van der Waals surface area contributed by atoms with Crippen molar-refractivity contribution in [3.05, 3.63) is 70.5 Å². The van der Waals surface area contributed by atoms with Gasteiger partial charge < -0.3 is 5.32 Å². The molecule has 2 aromatic carbocycles. The molecule has 1 N–H and O–H groups in total. The molecule has 22 heavy (non-hydrogen) atoms. The van der Waals surface area contributed by atoms with Crippen molar-refractivity contribution in [3.8, 4) is 6.07 Å². The summed E-state index contributed by atoms with van der Waals surface area (Å²) >= 11 is 0. The lowest BCUT2D eigenvalue weighted by Gasteiger charge is -2.08. The van der Waals surface area contributed by atoms with Crippen LogP contribution in [0.3, 0.4) is 0 Å². The van der Waals surface area contributed by atoms with Crippen molar-refractivity contribution in [1.82, 2.24) is 0 Å². The minimum atomic E-state index is -0.487. The highest BCUT2D eigenvalue weighted by Crippen LogP contribution is 2.17. The Kier molecular flexibility index (Phi) is 4.70. The second-order valence-electron chi connectivity index (χ2n) is 4.99. The Morgan fingerprint density at radius 2 is 1.86 bits per heavy atom. The number of carbonyl (C=O) groups is 1. The first kappa shape index (κ1) is 15.5. The summed E-state index contributed by atoms with van der Waals surface area (Å²) in [6.07, 6.45) is 1.43. The van der Waals surface area contributed by atoms with Crippen molar-refractivity contribution < 1.29 is 9.18 Å². The molecule has 0 aliphatic rings. The maximum absolute atomic E-state index is 12.9. The molecule has 0 saturated carbocycles. The average molecular weight is 294 g/mol. The van der Waals surface area contributed by atoms with Gasteiger partial charge in [-0.25, -0.2) is 4.39 Å². The molecule has 2 aromatic rings. The van der Waals surface area contributed by atoms with E-state index in [9.17, 15) is 9.18 Å². The molecular formula is C18H15FN2O. The number of anilines is 1. The third-order valence-electron chi connectivity index (χ3n) is 3.18. The Morgan fingerprint density at radius 1 is 1.18 bits per heavy atom. The van der Waals surface area contributed by atoms with Crippen LogP contribution >= 0.6 is 0 Å². The molecule has 0 unspecified atom stereocenters. The minimum Gasteiger partial charge on any atom is -0.321 e. The first-order valence-electron chi connectivity index (χ1n) is 6.75. The highest BCUT2D eigenvalue weighted by molar-refractivity contribution is 6.09. The van der Waals surface area contributed by atoms with Gasteiger partial charge in [0.25, 0.3) is 5.91 Å². The number of nitrogens with one attached hydrogen (secondary N) is 1. The molecule has 4 heteroatoms. The number of aryl methyl sites for hydroxylation is 2. The summed E-state index contributed by atoms with van der Waals surface area (Å²) in [5, 5.41) is 11.9. The molecular weight excluding hydrogens is 279 g/mol. The fourth-order valence-corrected chi connectivity index (χ4v) is 2.02. The van der Waals surface area contributed by atoms with Gasteiger partial charge in [0.05, 0.1) is 0 Å². The molecule has 0 heterocycles. The van der Waals surface area contributed by atoms with E-state index in [1.54, 1.807) is 6.07 Å². The van der Waals surface area contributed by atoms with Gasteiger partial charge in [0.15, 0.2) is 0 Å². The molecule has 1 amide bonds. The Labute approximate surface area is 128 Å². The van der Waals surface area contributed by atoms with Crippen molar-refractivity contribution in [3.63, 3.8) is 0 Å². The first-order chi connectivity index (χ1) is 10.5. The molecule has 0 spiro atoms. The molecule has 0 fully saturated rings. The van der Waals surface area contributed by atoms with Crippen LogP contribution in [0.15, 0.2) is 48.0 Å². The number of benzene rings is 2. The lowest BCUT2D eigenvalue weighted by molar-refractivity contribution is -0.112. The lowest BCUT2D eigenvalue weighted by Crippen LogP contribution is -2.14. The lowest BCUT2D eigenvalue weighted by atomic mass is 10.1. The normalized spacial score (nSPS) is 10.9. The van der Waals surface area contributed by atoms with Crippen LogP contribution in [-0.4, -0.2) is 5.91 Å². The van der Waals surface area contributed by atoms with Crippen molar-refractivity contribution in [1.29, 1.82) is 5.26 Å². The van der Waals surface area contributed by atoms with Gasteiger partial charge in [0, 0.05) is 5.69 Å². The van der Waals surface area contributed by atoms with Gasteiger partial charge in [-0.15, -0.1) is 0 Å². The van der Waals surface area contributed by atoms with Gasteiger partial charge in [-0.1, -0.05) is 29.8 Å². The van der Waals surface area contributed by atoms with E-state index >= 15 is 0 Å². The predicted octanol–water partition coefficient (Wildman–Crippen LogP) is 3.99. The third kappa shape index (κ3) is 3.80. The summed E-state index contributed by atoms with van der Waals surface area (Å²) in [5.41, 5.74) is 3.24. The van der Waals surface area contributed by atoms with E-state index in [0.29, 0.717) is 11.3 Å². The molecule has 0 atom stereocenters. The summed E-state index contributed by atoms with van der Waals surface area (Å²) in [6, 6.07) is 13.1. The summed E-state index contributed by atoms with van der Waals surface area (Å²) in [6.45, 7) is 3.85. The second-order valence-corrected chi connectivity index (χ2v) is 4.99. The summed E-state index contributed by atoms with van der Waals surface area (Å²) in [5.74, 6) is -0.853. The number of halogens is 1. The number of nitrogens with zero attached hydrogens (tertiary/aromatic N) is 1. The number of hydrogen-bond donors (Lipinski definition) is 1. The largest absolute Gasteiger partial charge is 0.321 e. The Bertz CT molecular complexity index is 771. The van der Waals surface area contributed by atoms with Crippen molar-refractivity contribution >= 4 is 17.7 Å². The van der Waals surface area contributed by atoms with E-state index in [1.165, 1.54) is 30.3 Å². The van der Waals surface area contributed by atoms with Crippen LogP contribution in [0.4, 0.5) is 10.1 Å². The molecule has 0 aromatic heterocycles. The van der Waals surface area contributed by atoms with Crippen LogP contribution < -0.4 is 5.32 Å². The number of nitriles is 1. The van der Waals surface area contributed by atoms with Crippen LogP contribution in [0.1, 0.15) is 16.7 Å². The first-order valence-corrected chi connectivity index (χ1v) is 6.75. The van der Waals surface area contributed by atoms with Crippen molar-refractivity contribution in [2.75, 3.05) is 5.32 Å². The summed E-state index contributed by atoms with van der Waals surface area (Å²) in [4.78, 5) is 12.2. The monoisotopic (exact) mass is 294 g/mol. The van der Waals surface area contributed by atoms with E-state index in [1.807, 2.05) is 32.0 Å². The zero-order valence-electron chi connectivity index (χ0n) is 12.4. The molecule has 2 rings (SSSR count). The highest BCUT2D eigenvalue weighted by Gasteiger charge is 2.10. The topological polar surface area (TPSA) is 52.9 Å². The van der Waals surface area contributed by atoms with Gasteiger partial charge in [-0.3, -0.25) is 4.79 Å². The average Bonchev–Trinajstić information content (AvgIpc) is 2.49.